The highest BCUT2D eigenvalue weighted by Crippen LogP contribution is 2.42. The molecule has 1 unspecified atom stereocenters. The lowest BCUT2D eigenvalue weighted by Crippen LogP contribution is -2.42. The Hall–Kier alpha value is -2.26. The van der Waals surface area contributed by atoms with Crippen LogP contribution in [0.25, 0.3) is 6.08 Å². The van der Waals surface area contributed by atoms with Gasteiger partial charge in [0, 0.05) is 24.1 Å². The summed E-state index contributed by atoms with van der Waals surface area (Å²) < 4.78 is 49.6. The fourth-order valence-electron chi connectivity index (χ4n) is 2.90. The minimum Gasteiger partial charge on any atom is -0.475 e. The van der Waals surface area contributed by atoms with Gasteiger partial charge in [0.25, 0.3) is 0 Å². The second-order valence-corrected chi connectivity index (χ2v) is 8.65. The topological polar surface area (TPSA) is 168 Å². The van der Waals surface area contributed by atoms with Crippen molar-refractivity contribution in [3.63, 3.8) is 0 Å². The van der Waals surface area contributed by atoms with Crippen molar-refractivity contribution in [3.8, 4) is 5.75 Å². The van der Waals surface area contributed by atoms with E-state index in [2.05, 4.69) is 20.8 Å². The van der Waals surface area contributed by atoms with E-state index in [-0.39, 0.29) is 11.3 Å². The van der Waals surface area contributed by atoms with Crippen LogP contribution in [0.2, 0.25) is 5.02 Å². The van der Waals surface area contributed by atoms with Gasteiger partial charge in [-0.15, -0.1) is 0 Å². The van der Waals surface area contributed by atoms with Crippen LogP contribution < -0.4 is 21.8 Å². The van der Waals surface area contributed by atoms with Gasteiger partial charge in [0.1, 0.15) is 12.0 Å². The summed E-state index contributed by atoms with van der Waals surface area (Å²) >= 11 is 6.22. The molecule has 0 fully saturated rings. The van der Waals surface area contributed by atoms with E-state index in [1.807, 2.05) is 27.8 Å². The number of aliphatic hydroxyl groups excluding tert-OH is 1. The highest BCUT2D eigenvalue weighted by atomic mass is 35.5. The molecule has 0 bridgehead atoms. The van der Waals surface area contributed by atoms with Crippen LogP contribution in [0.1, 0.15) is 51.2 Å². The van der Waals surface area contributed by atoms with E-state index in [1.54, 1.807) is 0 Å². The average Bonchev–Trinajstić information content (AvgIpc) is 2.85. The summed E-state index contributed by atoms with van der Waals surface area (Å²) in [6.45, 7) is 5.95. The molecule has 0 aromatic heterocycles. The Kier molecular flexibility index (Phi) is 18.8. The summed E-state index contributed by atoms with van der Waals surface area (Å²) in [6.07, 6.45) is -2.42. The first-order chi connectivity index (χ1) is 17.4. The van der Waals surface area contributed by atoms with Gasteiger partial charge >= 0.3 is 12.1 Å². The van der Waals surface area contributed by atoms with Crippen molar-refractivity contribution in [1.82, 2.24) is 5.32 Å². The molecule has 0 saturated heterocycles. The third kappa shape index (κ3) is 13.2. The van der Waals surface area contributed by atoms with Crippen molar-refractivity contribution in [3.05, 3.63) is 33.9 Å². The lowest BCUT2D eigenvalue weighted by atomic mass is 9.85. The number of rotatable bonds is 8. The monoisotopic (exact) mass is 560 g/mol. The van der Waals surface area contributed by atoms with Gasteiger partial charge in [-0.1, -0.05) is 32.4 Å². The van der Waals surface area contributed by atoms with Gasteiger partial charge < -0.3 is 24.7 Å². The zero-order valence-corrected chi connectivity index (χ0v) is 22.4. The largest absolute Gasteiger partial charge is 0.475 e. The smallest absolute Gasteiger partial charge is 0.430 e. The van der Waals surface area contributed by atoms with E-state index < -0.39 is 36.0 Å². The molecule has 1 aromatic carbocycles. The molecule has 0 saturated carbocycles. The Labute approximate surface area is 219 Å². The number of alkyl halides is 3. The number of nitrogens with one attached hydrogen (secondary N) is 1. The molecule has 0 amide bonds. The van der Waals surface area contributed by atoms with E-state index in [4.69, 9.17) is 32.5 Å². The van der Waals surface area contributed by atoms with Gasteiger partial charge in [-0.25, -0.2) is 21.8 Å². The second-order valence-electron chi connectivity index (χ2n) is 8.24. The van der Waals surface area contributed by atoms with Crippen molar-refractivity contribution >= 4 is 29.9 Å². The molecule has 0 aliphatic carbocycles. The van der Waals surface area contributed by atoms with Crippen molar-refractivity contribution in [1.29, 1.82) is 0 Å². The molecule has 0 radical (unpaired) electrons. The molecular formula is C23H38ClF3N3O7+. The number of fused-ring (bicyclic) bond motifs is 1. The first-order valence-electron chi connectivity index (χ1n) is 11.0. The third-order valence-electron chi connectivity index (χ3n) is 4.54. The molecule has 1 aromatic rings. The molecule has 1 atom stereocenters. The Morgan fingerprint density at radius 1 is 1.24 bits per heavy atom. The summed E-state index contributed by atoms with van der Waals surface area (Å²) in [5.41, 5.74) is -0.231. The van der Waals surface area contributed by atoms with E-state index in [1.165, 1.54) is 12.1 Å². The molecule has 2 rings (SSSR count). The molecule has 1 heterocycles. The molecule has 37 heavy (non-hydrogen) atoms. The molecule has 1 aliphatic rings. The number of halogens is 4. The number of aliphatic hydroxyl groups is 1. The van der Waals surface area contributed by atoms with Gasteiger partial charge in [-0.2, -0.15) is 13.2 Å². The number of hydrogen-bond donors (Lipinski definition) is 5. The molecule has 10 nitrogen and oxygen atoms in total. The second kappa shape index (κ2) is 18.9. The van der Waals surface area contributed by atoms with Crippen LogP contribution in [0.4, 0.5) is 13.2 Å². The Morgan fingerprint density at radius 3 is 2.30 bits per heavy atom. The lowest BCUT2D eigenvalue weighted by molar-refractivity contribution is -0.670. The van der Waals surface area contributed by atoms with Gasteiger partial charge in [0.15, 0.2) is 0 Å². The van der Waals surface area contributed by atoms with Crippen LogP contribution in [0.3, 0.4) is 0 Å². The zero-order valence-electron chi connectivity index (χ0n) is 21.7. The number of aldehydes is 1. The minimum atomic E-state index is -4.81. The number of hydrogen-bond acceptors (Lipinski definition) is 9. The first kappa shape index (κ1) is 36.9. The predicted octanol–water partition coefficient (Wildman–Crippen LogP) is 2.54. The maximum Gasteiger partial charge on any atom is 0.430 e. The van der Waals surface area contributed by atoms with Gasteiger partial charge in [-0.05, 0) is 55.6 Å². The number of quaternary nitrogens is 1. The number of ether oxygens (including phenoxy) is 2. The van der Waals surface area contributed by atoms with E-state index in [0.717, 1.165) is 38.9 Å². The van der Waals surface area contributed by atoms with Crippen LogP contribution in [-0.2, 0) is 24.6 Å². The Bertz CT molecular complexity index is 848. The van der Waals surface area contributed by atoms with Crippen molar-refractivity contribution in [2.45, 2.75) is 57.7 Å². The van der Waals surface area contributed by atoms with Gasteiger partial charge in [0.2, 0.25) is 12.9 Å². The molecule has 0 spiro atoms. The van der Waals surface area contributed by atoms with Crippen LogP contribution >= 0.6 is 11.6 Å². The Morgan fingerprint density at radius 2 is 1.84 bits per heavy atom. The number of nitrogens with two attached hydrogens (primary N) is 1. The summed E-state index contributed by atoms with van der Waals surface area (Å²) in [7, 11) is 2.92. The summed E-state index contributed by atoms with van der Waals surface area (Å²) in [5.74, 6) is 5.71. The van der Waals surface area contributed by atoms with Crippen LogP contribution in [0, 0.1) is 0 Å². The minimum absolute atomic E-state index is 0.0109. The quantitative estimate of drug-likeness (QED) is 0.105. The van der Waals surface area contributed by atoms with E-state index >= 15 is 0 Å². The summed E-state index contributed by atoms with van der Waals surface area (Å²) in [4.78, 5) is 25.7. The van der Waals surface area contributed by atoms with Crippen LogP contribution in [-0.4, -0.2) is 62.3 Å². The lowest BCUT2D eigenvalue weighted by Gasteiger charge is -2.30. The van der Waals surface area contributed by atoms with Gasteiger partial charge in [0.05, 0.1) is 5.57 Å². The Balaban J connectivity index is 0. The summed E-state index contributed by atoms with van der Waals surface area (Å²) in [5, 5.41) is 17.1. The average molecular weight is 561 g/mol. The van der Waals surface area contributed by atoms with Crippen LogP contribution in [0.5, 0.6) is 5.75 Å². The number of carbonyl (C=O) groups is 2. The predicted molar refractivity (Wildman–Crippen MR) is 131 cm³/mol. The van der Waals surface area contributed by atoms with Crippen molar-refractivity contribution in [2.24, 2.45) is 5.90 Å². The maximum atomic E-state index is 13.3. The van der Waals surface area contributed by atoms with Gasteiger partial charge in [-0.3, -0.25) is 4.84 Å². The number of carbonyl (C=O) groups excluding carboxylic acids is 2. The summed E-state index contributed by atoms with van der Waals surface area (Å²) in [6, 6.07) is 2.91. The molecular weight excluding hydrogens is 523 g/mol. The third-order valence-corrected chi connectivity index (χ3v) is 4.85. The van der Waals surface area contributed by atoms with E-state index in [9.17, 15) is 22.8 Å². The fourth-order valence-corrected chi connectivity index (χ4v) is 3.36. The highest BCUT2D eigenvalue weighted by Gasteiger charge is 2.49. The standard InChI is InChI=1S/C16H17ClF3NO4.C6H13NO.CH4O.H4NO/c1-15(2,3)10-6-12-8(5-11(10)17)4-9(14(22)23-7-24-21)13(25-12)16(18,19)20;1-7-5-3-2-4-6-8;2*1-2/h4-6,13H,7,21H2,1-3H3;6-7H,2-5H2,1H3;2*2H,1H3/q;;;+1. The fraction of sp³-hybridized carbons (Fsp3) is 0.565. The normalized spacial score (nSPS) is 14.1. The number of benzene rings is 1. The SMILES string of the molecule is CC(C)(C)c1cc2c(cc1Cl)C=C(C(=O)OCON)C(C(F)(F)F)O2.CNCCCCC=O.CO.[NH3+]O. The van der Waals surface area contributed by atoms with E-state index in [0.29, 0.717) is 17.0 Å². The van der Waals surface area contributed by atoms with Crippen molar-refractivity contribution in [2.75, 3.05) is 27.5 Å². The number of esters is 1. The first-order valence-corrected chi connectivity index (χ1v) is 11.4. The number of unbranched alkanes of at least 4 members (excludes halogenated alkanes) is 2. The zero-order chi connectivity index (χ0) is 29.2. The molecule has 14 heteroatoms. The molecule has 1 aliphatic heterocycles. The molecule has 214 valence electrons. The molecule has 8 N–H and O–H groups in total. The van der Waals surface area contributed by atoms with Crippen molar-refractivity contribution < 1.29 is 53.3 Å². The maximum absolute atomic E-state index is 13.3. The van der Waals surface area contributed by atoms with Crippen LogP contribution in [0.15, 0.2) is 17.7 Å². The highest BCUT2D eigenvalue weighted by molar-refractivity contribution is 6.31.